The number of aliphatic hydroxyl groups excluding tert-OH is 1. The molecule has 0 saturated carbocycles. The van der Waals surface area contributed by atoms with Gasteiger partial charge in [-0.3, -0.25) is 0 Å². The molecule has 0 aromatic heterocycles. The van der Waals surface area contributed by atoms with Gasteiger partial charge >= 0.3 is 0 Å². The van der Waals surface area contributed by atoms with Crippen molar-refractivity contribution in [2.24, 2.45) is 5.92 Å². The molecular formula is C15H23IO. The molecule has 0 amide bonds. The average Bonchev–Trinajstić information content (AvgIpc) is 2.34. The fraction of sp³-hybridized carbons (Fsp3) is 0.600. The highest BCUT2D eigenvalue weighted by molar-refractivity contribution is 14.1. The molecule has 1 aromatic rings. The zero-order valence-corrected chi connectivity index (χ0v) is 13.0. The van der Waals surface area contributed by atoms with Gasteiger partial charge in [0.2, 0.25) is 0 Å². The quantitative estimate of drug-likeness (QED) is 0.694. The molecule has 1 nitrogen and oxygen atoms in total. The number of hydrogen-bond donors (Lipinski definition) is 1. The first-order valence-electron chi connectivity index (χ1n) is 6.60. The topological polar surface area (TPSA) is 20.2 Å². The summed E-state index contributed by atoms with van der Waals surface area (Å²) in [6.07, 6.45) is 5.53. The Morgan fingerprint density at radius 1 is 1.29 bits per heavy atom. The standard InChI is InChI=1S/C15H23IO/c1-3-5-7-12(4-2)10-15(17)13-8-6-9-14(16)11-13/h6,8-9,11-12,15,17H,3-5,7,10H2,1-2H3. The van der Waals surface area contributed by atoms with Crippen molar-refractivity contribution in [2.75, 3.05) is 0 Å². The van der Waals surface area contributed by atoms with Gasteiger partial charge in [-0.2, -0.15) is 0 Å². The normalized spacial score (nSPS) is 14.6. The van der Waals surface area contributed by atoms with E-state index in [1.807, 2.05) is 12.1 Å². The van der Waals surface area contributed by atoms with Crippen LogP contribution in [0, 0.1) is 9.49 Å². The van der Waals surface area contributed by atoms with Gasteiger partial charge in [0.1, 0.15) is 0 Å². The Balaban J connectivity index is 2.54. The van der Waals surface area contributed by atoms with Crippen LogP contribution in [0.2, 0.25) is 0 Å². The summed E-state index contributed by atoms with van der Waals surface area (Å²) < 4.78 is 1.20. The lowest BCUT2D eigenvalue weighted by atomic mass is 9.91. The maximum atomic E-state index is 10.2. The maximum Gasteiger partial charge on any atom is 0.0793 e. The van der Waals surface area contributed by atoms with Crippen molar-refractivity contribution in [3.05, 3.63) is 33.4 Å². The first-order valence-corrected chi connectivity index (χ1v) is 7.68. The predicted octanol–water partition coefficient (Wildman–Crippen LogP) is 4.93. The van der Waals surface area contributed by atoms with E-state index < -0.39 is 0 Å². The number of rotatable bonds is 7. The van der Waals surface area contributed by atoms with Crippen molar-refractivity contribution in [2.45, 2.75) is 52.1 Å². The minimum absolute atomic E-state index is 0.300. The minimum atomic E-state index is -0.300. The van der Waals surface area contributed by atoms with Crippen LogP contribution in [0.25, 0.3) is 0 Å². The van der Waals surface area contributed by atoms with E-state index in [4.69, 9.17) is 0 Å². The number of unbranched alkanes of at least 4 members (excludes halogenated alkanes) is 1. The van der Waals surface area contributed by atoms with E-state index in [0.717, 1.165) is 12.0 Å². The Hall–Kier alpha value is -0.0900. The molecule has 2 heteroatoms. The van der Waals surface area contributed by atoms with E-state index in [-0.39, 0.29) is 6.10 Å². The predicted molar refractivity (Wildman–Crippen MR) is 82.0 cm³/mol. The van der Waals surface area contributed by atoms with Crippen LogP contribution in [0.15, 0.2) is 24.3 Å². The van der Waals surface area contributed by atoms with E-state index in [0.29, 0.717) is 5.92 Å². The molecule has 0 radical (unpaired) electrons. The van der Waals surface area contributed by atoms with Crippen molar-refractivity contribution in [1.82, 2.24) is 0 Å². The van der Waals surface area contributed by atoms with Crippen LogP contribution >= 0.6 is 22.6 Å². The van der Waals surface area contributed by atoms with Gasteiger partial charge in [-0.25, -0.2) is 0 Å². The molecule has 0 aliphatic heterocycles. The molecule has 2 atom stereocenters. The van der Waals surface area contributed by atoms with Crippen LogP contribution < -0.4 is 0 Å². The molecular weight excluding hydrogens is 323 g/mol. The molecule has 1 rings (SSSR count). The second kappa shape index (κ2) is 8.09. The fourth-order valence-corrected chi connectivity index (χ4v) is 2.71. The van der Waals surface area contributed by atoms with E-state index in [9.17, 15) is 5.11 Å². The molecule has 1 aromatic carbocycles. The van der Waals surface area contributed by atoms with Crippen LogP contribution in [0.4, 0.5) is 0 Å². The van der Waals surface area contributed by atoms with E-state index in [1.165, 1.54) is 29.3 Å². The van der Waals surface area contributed by atoms with Gasteiger partial charge in [-0.1, -0.05) is 51.7 Å². The van der Waals surface area contributed by atoms with E-state index in [2.05, 4.69) is 48.6 Å². The molecule has 2 unspecified atom stereocenters. The molecule has 0 heterocycles. The summed E-state index contributed by atoms with van der Waals surface area (Å²) in [4.78, 5) is 0. The monoisotopic (exact) mass is 346 g/mol. The lowest BCUT2D eigenvalue weighted by molar-refractivity contribution is 0.139. The maximum absolute atomic E-state index is 10.2. The molecule has 17 heavy (non-hydrogen) atoms. The van der Waals surface area contributed by atoms with Crippen LogP contribution in [0.5, 0.6) is 0 Å². The third kappa shape index (κ3) is 5.38. The Bertz CT molecular complexity index is 324. The van der Waals surface area contributed by atoms with Gasteiger partial charge in [0.25, 0.3) is 0 Å². The summed E-state index contributed by atoms with van der Waals surface area (Å²) in [5.41, 5.74) is 1.06. The summed E-state index contributed by atoms with van der Waals surface area (Å²) in [6.45, 7) is 4.45. The van der Waals surface area contributed by atoms with Crippen molar-refractivity contribution in [1.29, 1.82) is 0 Å². The Morgan fingerprint density at radius 3 is 2.65 bits per heavy atom. The average molecular weight is 346 g/mol. The highest BCUT2D eigenvalue weighted by Crippen LogP contribution is 2.27. The summed E-state index contributed by atoms with van der Waals surface area (Å²) in [6, 6.07) is 8.19. The second-order valence-electron chi connectivity index (χ2n) is 4.72. The zero-order chi connectivity index (χ0) is 12.7. The molecule has 0 saturated heterocycles. The third-order valence-corrected chi connectivity index (χ3v) is 4.00. The molecule has 0 bridgehead atoms. The number of benzene rings is 1. The van der Waals surface area contributed by atoms with Gasteiger partial charge < -0.3 is 5.11 Å². The lowest BCUT2D eigenvalue weighted by Gasteiger charge is -2.19. The van der Waals surface area contributed by atoms with E-state index in [1.54, 1.807) is 0 Å². The molecule has 96 valence electrons. The Labute approximate surface area is 119 Å². The molecule has 0 aliphatic carbocycles. The highest BCUT2D eigenvalue weighted by atomic mass is 127. The van der Waals surface area contributed by atoms with Crippen LogP contribution in [-0.4, -0.2) is 5.11 Å². The van der Waals surface area contributed by atoms with Crippen LogP contribution in [0.3, 0.4) is 0 Å². The summed E-state index contributed by atoms with van der Waals surface area (Å²) in [5, 5.41) is 10.2. The van der Waals surface area contributed by atoms with Gasteiger partial charge in [0.05, 0.1) is 6.10 Å². The van der Waals surface area contributed by atoms with Crippen LogP contribution in [0.1, 0.15) is 57.6 Å². The number of aliphatic hydroxyl groups is 1. The molecule has 0 spiro atoms. The third-order valence-electron chi connectivity index (χ3n) is 3.33. The van der Waals surface area contributed by atoms with Crippen molar-refractivity contribution >= 4 is 22.6 Å². The van der Waals surface area contributed by atoms with Gasteiger partial charge in [-0.15, -0.1) is 0 Å². The van der Waals surface area contributed by atoms with E-state index >= 15 is 0 Å². The highest BCUT2D eigenvalue weighted by Gasteiger charge is 2.14. The Morgan fingerprint density at radius 2 is 2.06 bits per heavy atom. The van der Waals surface area contributed by atoms with Crippen molar-refractivity contribution in [3.8, 4) is 0 Å². The summed E-state index contributed by atoms with van der Waals surface area (Å²) in [5.74, 6) is 0.655. The zero-order valence-electron chi connectivity index (χ0n) is 10.8. The smallest absolute Gasteiger partial charge is 0.0793 e. The number of hydrogen-bond acceptors (Lipinski definition) is 1. The molecule has 0 fully saturated rings. The fourth-order valence-electron chi connectivity index (χ4n) is 2.15. The first kappa shape index (κ1) is 15.0. The lowest BCUT2D eigenvalue weighted by Crippen LogP contribution is -2.07. The van der Waals surface area contributed by atoms with Crippen LogP contribution in [-0.2, 0) is 0 Å². The van der Waals surface area contributed by atoms with Crippen molar-refractivity contribution in [3.63, 3.8) is 0 Å². The van der Waals surface area contributed by atoms with Gasteiger partial charge in [-0.05, 0) is 52.6 Å². The van der Waals surface area contributed by atoms with Gasteiger partial charge in [0, 0.05) is 3.57 Å². The van der Waals surface area contributed by atoms with Crippen molar-refractivity contribution < 1.29 is 5.11 Å². The summed E-state index contributed by atoms with van der Waals surface area (Å²) in [7, 11) is 0. The Kier molecular flexibility index (Phi) is 7.12. The summed E-state index contributed by atoms with van der Waals surface area (Å²) >= 11 is 2.29. The minimum Gasteiger partial charge on any atom is -0.388 e. The number of halogens is 1. The second-order valence-corrected chi connectivity index (χ2v) is 5.97. The van der Waals surface area contributed by atoms with Gasteiger partial charge in [0.15, 0.2) is 0 Å². The largest absolute Gasteiger partial charge is 0.388 e. The molecule has 1 N–H and O–H groups in total. The molecule has 0 aliphatic rings. The SMILES string of the molecule is CCCCC(CC)CC(O)c1cccc(I)c1. The first-order chi connectivity index (χ1) is 8.17.